The van der Waals surface area contributed by atoms with Gasteiger partial charge in [-0.15, -0.1) is 0 Å². The molecule has 136 valence electrons. The molecule has 5 heteroatoms. The van der Waals surface area contributed by atoms with Gasteiger partial charge in [-0.25, -0.2) is 19.4 Å². The fourth-order valence-electron chi connectivity index (χ4n) is 2.50. The largest absolute Gasteiger partial charge is 0.386 e. The molecular formula is C18H34O5. The molecule has 0 heterocycles. The summed E-state index contributed by atoms with van der Waals surface area (Å²) in [4.78, 5) is 30.9. The monoisotopic (exact) mass is 330 g/mol. The fourth-order valence-corrected chi connectivity index (χ4v) is 2.50. The van der Waals surface area contributed by atoms with E-state index in [-0.39, 0.29) is 6.42 Å². The molecule has 0 rings (SSSR count). The third-order valence-electron chi connectivity index (χ3n) is 4.14. The van der Waals surface area contributed by atoms with Gasteiger partial charge in [-0.05, 0) is 19.3 Å². The maximum Gasteiger partial charge on any atom is 0.386 e. The van der Waals surface area contributed by atoms with E-state index in [1.54, 1.807) is 6.92 Å². The Bertz CT molecular complexity index is 329. The predicted molar refractivity (Wildman–Crippen MR) is 89.6 cm³/mol. The maximum absolute atomic E-state index is 11.7. The SMILES string of the molecule is CCCCCCCCCCCCC(O)(CC)C(=O)OOC(C)=O. The highest BCUT2D eigenvalue weighted by atomic mass is 17.2. The normalized spacial score (nSPS) is 13.4. The number of unbranched alkanes of at least 4 members (excludes halogenated alkanes) is 9. The Morgan fingerprint density at radius 3 is 1.74 bits per heavy atom. The molecule has 1 N–H and O–H groups in total. The van der Waals surface area contributed by atoms with Crippen LogP contribution in [0.1, 0.15) is 97.8 Å². The van der Waals surface area contributed by atoms with Crippen LogP contribution in [0.5, 0.6) is 0 Å². The van der Waals surface area contributed by atoms with Crippen LogP contribution in [0.3, 0.4) is 0 Å². The van der Waals surface area contributed by atoms with Gasteiger partial charge in [0.2, 0.25) is 0 Å². The highest BCUT2D eigenvalue weighted by Crippen LogP contribution is 2.22. The van der Waals surface area contributed by atoms with Crippen molar-refractivity contribution in [2.45, 2.75) is 103 Å². The van der Waals surface area contributed by atoms with E-state index < -0.39 is 17.5 Å². The molecule has 0 fully saturated rings. The van der Waals surface area contributed by atoms with Gasteiger partial charge in [0.1, 0.15) is 0 Å². The van der Waals surface area contributed by atoms with E-state index in [1.165, 1.54) is 44.9 Å². The molecule has 0 amide bonds. The summed E-state index contributed by atoms with van der Waals surface area (Å²) >= 11 is 0. The molecule has 0 aromatic carbocycles. The summed E-state index contributed by atoms with van der Waals surface area (Å²) in [5.74, 6) is -1.60. The van der Waals surface area contributed by atoms with Gasteiger partial charge in [0.25, 0.3) is 0 Å². The number of aliphatic hydroxyl groups is 1. The summed E-state index contributed by atoms with van der Waals surface area (Å²) in [6.07, 6.45) is 12.5. The summed E-state index contributed by atoms with van der Waals surface area (Å²) in [5, 5.41) is 10.3. The zero-order valence-electron chi connectivity index (χ0n) is 15.1. The summed E-state index contributed by atoms with van der Waals surface area (Å²) in [6.45, 7) is 5.07. The van der Waals surface area contributed by atoms with Crippen LogP contribution in [-0.2, 0) is 19.4 Å². The van der Waals surface area contributed by atoms with Crippen molar-refractivity contribution in [3.8, 4) is 0 Å². The summed E-state index contributed by atoms with van der Waals surface area (Å²) in [5.41, 5.74) is -1.56. The Labute approximate surface area is 140 Å². The van der Waals surface area contributed by atoms with Gasteiger partial charge in [0.05, 0.1) is 0 Å². The molecule has 0 aliphatic rings. The molecular weight excluding hydrogens is 296 g/mol. The third kappa shape index (κ3) is 11.1. The smallest absolute Gasteiger partial charge is 0.378 e. The van der Waals surface area contributed by atoms with Crippen molar-refractivity contribution >= 4 is 11.9 Å². The number of carbonyl (C=O) groups is 2. The number of carbonyl (C=O) groups excluding carboxylic acids is 2. The second kappa shape index (κ2) is 13.3. The fraction of sp³-hybridized carbons (Fsp3) is 0.889. The van der Waals surface area contributed by atoms with Crippen LogP contribution in [-0.4, -0.2) is 22.6 Å². The van der Waals surface area contributed by atoms with Gasteiger partial charge in [0.15, 0.2) is 5.60 Å². The average molecular weight is 330 g/mol. The molecule has 0 aliphatic heterocycles. The molecule has 0 aliphatic carbocycles. The van der Waals surface area contributed by atoms with Crippen LogP contribution >= 0.6 is 0 Å². The van der Waals surface area contributed by atoms with E-state index in [0.29, 0.717) is 6.42 Å². The van der Waals surface area contributed by atoms with E-state index in [1.807, 2.05) is 0 Å². The molecule has 23 heavy (non-hydrogen) atoms. The lowest BCUT2D eigenvalue weighted by atomic mass is 9.93. The predicted octanol–water partition coefficient (Wildman–Crippen LogP) is 4.46. The second-order valence-electron chi connectivity index (χ2n) is 6.26. The van der Waals surface area contributed by atoms with Gasteiger partial charge in [-0.3, -0.25) is 0 Å². The Morgan fingerprint density at radius 1 is 0.826 bits per heavy atom. The summed E-state index contributed by atoms with van der Waals surface area (Å²) in [7, 11) is 0. The minimum atomic E-state index is -1.56. The van der Waals surface area contributed by atoms with Gasteiger partial charge >= 0.3 is 11.9 Å². The summed E-state index contributed by atoms with van der Waals surface area (Å²) < 4.78 is 0. The first kappa shape index (κ1) is 21.9. The van der Waals surface area contributed by atoms with Gasteiger partial charge in [0, 0.05) is 6.92 Å². The van der Waals surface area contributed by atoms with Crippen LogP contribution in [0.15, 0.2) is 0 Å². The average Bonchev–Trinajstić information content (AvgIpc) is 2.53. The van der Waals surface area contributed by atoms with Gasteiger partial charge < -0.3 is 5.11 Å². The van der Waals surface area contributed by atoms with Crippen LogP contribution in [0.4, 0.5) is 0 Å². The van der Waals surface area contributed by atoms with E-state index in [4.69, 9.17) is 0 Å². The van der Waals surface area contributed by atoms with Crippen molar-refractivity contribution in [3.63, 3.8) is 0 Å². The molecule has 0 radical (unpaired) electrons. The highest BCUT2D eigenvalue weighted by Gasteiger charge is 2.36. The van der Waals surface area contributed by atoms with E-state index >= 15 is 0 Å². The molecule has 0 bridgehead atoms. The van der Waals surface area contributed by atoms with Gasteiger partial charge in [-0.2, -0.15) is 0 Å². The van der Waals surface area contributed by atoms with Crippen molar-refractivity contribution < 1.29 is 24.5 Å². The number of hydrogen-bond donors (Lipinski definition) is 1. The standard InChI is InChI=1S/C18H34O5/c1-4-6-7-8-9-10-11-12-13-14-15-18(21,5-2)17(20)23-22-16(3)19/h21H,4-15H2,1-3H3. The lowest BCUT2D eigenvalue weighted by Crippen LogP contribution is -2.39. The maximum atomic E-state index is 11.7. The second-order valence-corrected chi connectivity index (χ2v) is 6.26. The molecule has 1 unspecified atom stereocenters. The van der Waals surface area contributed by atoms with Crippen molar-refractivity contribution in [1.82, 2.24) is 0 Å². The van der Waals surface area contributed by atoms with Crippen molar-refractivity contribution in [3.05, 3.63) is 0 Å². The van der Waals surface area contributed by atoms with Crippen LogP contribution < -0.4 is 0 Å². The first-order chi connectivity index (χ1) is 11.0. The lowest BCUT2D eigenvalue weighted by molar-refractivity contribution is -0.269. The van der Waals surface area contributed by atoms with Crippen molar-refractivity contribution in [2.24, 2.45) is 0 Å². The Hall–Kier alpha value is -1.10. The molecule has 1 atom stereocenters. The Balaban J connectivity index is 3.73. The number of hydrogen-bond acceptors (Lipinski definition) is 5. The van der Waals surface area contributed by atoms with E-state index in [9.17, 15) is 14.7 Å². The molecule has 5 nitrogen and oxygen atoms in total. The van der Waals surface area contributed by atoms with Crippen molar-refractivity contribution in [1.29, 1.82) is 0 Å². The van der Waals surface area contributed by atoms with Gasteiger partial charge in [-0.1, -0.05) is 71.6 Å². The van der Waals surface area contributed by atoms with Crippen molar-refractivity contribution in [2.75, 3.05) is 0 Å². The Kier molecular flexibility index (Phi) is 12.7. The minimum Gasteiger partial charge on any atom is -0.378 e. The molecule has 0 spiro atoms. The van der Waals surface area contributed by atoms with Crippen LogP contribution in [0.25, 0.3) is 0 Å². The first-order valence-corrected chi connectivity index (χ1v) is 9.08. The van der Waals surface area contributed by atoms with Crippen LogP contribution in [0.2, 0.25) is 0 Å². The molecule has 0 aromatic heterocycles. The van der Waals surface area contributed by atoms with E-state index in [2.05, 4.69) is 16.7 Å². The number of rotatable bonds is 13. The highest BCUT2D eigenvalue weighted by molar-refractivity contribution is 5.79. The third-order valence-corrected chi connectivity index (χ3v) is 4.14. The van der Waals surface area contributed by atoms with E-state index in [0.717, 1.165) is 26.2 Å². The molecule has 0 saturated heterocycles. The Morgan fingerprint density at radius 2 is 1.30 bits per heavy atom. The topological polar surface area (TPSA) is 72.8 Å². The zero-order chi connectivity index (χ0) is 17.6. The molecule has 0 saturated carbocycles. The van der Waals surface area contributed by atoms with Crippen LogP contribution in [0, 0.1) is 0 Å². The quantitative estimate of drug-likeness (QED) is 0.307. The summed E-state index contributed by atoms with van der Waals surface area (Å²) in [6, 6.07) is 0. The first-order valence-electron chi connectivity index (χ1n) is 9.08. The molecule has 0 aromatic rings. The lowest BCUT2D eigenvalue weighted by Gasteiger charge is -2.22. The minimum absolute atomic E-state index is 0.241. The zero-order valence-corrected chi connectivity index (χ0v) is 15.1.